The third-order valence-electron chi connectivity index (χ3n) is 6.80. The molecule has 5 nitrogen and oxygen atoms in total. The third-order valence-corrected chi connectivity index (χ3v) is 6.80. The summed E-state index contributed by atoms with van der Waals surface area (Å²) in [6.07, 6.45) is 2.01. The lowest BCUT2D eigenvalue weighted by Crippen LogP contribution is -2.46. The summed E-state index contributed by atoms with van der Waals surface area (Å²) in [6.45, 7) is 12.1. The van der Waals surface area contributed by atoms with Crippen molar-refractivity contribution in [3.05, 3.63) is 71.8 Å². The summed E-state index contributed by atoms with van der Waals surface area (Å²) in [4.78, 5) is 26.1. The summed E-state index contributed by atoms with van der Waals surface area (Å²) in [5, 5.41) is 2.74. The van der Waals surface area contributed by atoms with Crippen molar-refractivity contribution in [2.45, 2.75) is 84.0 Å². The van der Waals surface area contributed by atoms with Crippen LogP contribution in [0.5, 0.6) is 0 Å². The third kappa shape index (κ3) is 6.62. The highest BCUT2D eigenvalue weighted by atomic mass is 16.6. The number of carbonyl (C=O) groups is 2. The Morgan fingerprint density at radius 3 is 2.09 bits per heavy atom. The van der Waals surface area contributed by atoms with Gasteiger partial charge in [-0.1, -0.05) is 87.9 Å². The number of nitrogens with one attached hydrogen (secondary N) is 1. The van der Waals surface area contributed by atoms with Gasteiger partial charge in [-0.15, -0.1) is 0 Å². The smallest absolute Gasteiger partial charge is 0.408 e. The Kier molecular flexibility index (Phi) is 8.06. The van der Waals surface area contributed by atoms with Gasteiger partial charge in [0.1, 0.15) is 11.7 Å². The first kappa shape index (κ1) is 25.8. The van der Waals surface area contributed by atoms with Crippen molar-refractivity contribution in [2.75, 3.05) is 0 Å². The van der Waals surface area contributed by atoms with Crippen molar-refractivity contribution in [2.24, 2.45) is 11.8 Å². The van der Waals surface area contributed by atoms with Crippen LogP contribution in [0.15, 0.2) is 60.7 Å². The van der Waals surface area contributed by atoms with Gasteiger partial charge in [0, 0.05) is 5.92 Å². The zero-order chi connectivity index (χ0) is 24.9. The molecule has 0 spiro atoms. The molecule has 1 aliphatic rings. The average molecular weight is 466 g/mol. The second-order valence-electron chi connectivity index (χ2n) is 11.1. The van der Waals surface area contributed by atoms with Gasteiger partial charge in [0.2, 0.25) is 0 Å². The van der Waals surface area contributed by atoms with Crippen LogP contribution in [0.2, 0.25) is 0 Å². The lowest BCUT2D eigenvalue weighted by atomic mass is 9.64. The van der Waals surface area contributed by atoms with Crippen LogP contribution in [0.1, 0.15) is 78.0 Å². The van der Waals surface area contributed by atoms with E-state index in [0.29, 0.717) is 11.5 Å². The Balaban J connectivity index is 1.84. The van der Waals surface area contributed by atoms with E-state index in [4.69, 9.17) is 9.47 Å². The van der Waals surface area contributed by atoms with E-state index in [-0.39, 0.29) is 17.4 Å². The molecule has 0 aromatic heterocycles. The van der Waals surface area contributed by atoms with Crippen LogP contribution in [0.3, 0.4) is 0 Å². The highest BCUT2D eigenvalue weighted by Crippen LogP contribution is 2.44. The SMILES string of the molecule is C[C@@H]1CC[C@@H](C(C)(C)c2ccccc2)[C@H](OC(=O)[C@@H](NC(=O)OC(C)(C)C)c2ccccc2)C1. The molecule has 2 aromatic carbocycles. The number of hydrogen-bond donors (Lipinski definition) is 1. The standard InChI is InChI=1S/C29H39NO4/c1-20-17-18-23(29(5,6)22-15-11-8-12-16-22)24(19-20)33-26(31)25(21-13-9-7-10-14-21)30-27(32)34-28(2,3)4/h7-16,20,23-25H,17-19H2,1-6H3,(H,30,32)/t20-,23-,24-,25+/m1/s1. The quantitative estimate of drug-likeness (QED) is 0.490. The molecule has 0 bridgehead atoms. The number of hydrogen-bond acceptors (Lipinski definition) is 4. The number of ether oxygens (including phenoxy) is 2. The van der Waals surface area contributed by atoms with Gasteiger partial charge in [-0.2, -0.15) is 0 Å². The molecule has 3 rings (SSSR count). The predicted molar refractivity (Wildman–Crippen MR) is 134 cm³/mol. The minimum absolute atomic E-state index is 0.160. The molecular formula is C29H39NO4. The summed E-state index contributed by atoms with van der Waals surface area (Å²) in [7, 11) is 0. The average Bonchev–Trinajstić information content (AvgIpc) is 2.77. The van der Waals surface area contributed by atoms with Crippen LogP contribution in [0, 0.1) is 11.8 Å². The van der Waals surface area contributed by atoms with Crippen LogP contribution in [-0.2, 0) is 19.7 Å². The van der Waals surface area contributed by atoms with E-state index in [1.807, 2.05) is 36.4 Å². The lowest BCUT2D eigenvalue weighted by Gasteiger charge is -2.44. The van der Waals surface area contributed by atoms with Crippen molar-refractivity contribution in [1.82, 2.24) is 5.32 Å². The summed E-state index contributed by atoms with van der Waals surface area (Å²) in [5.41, 5.74) is 1.08. The molecule has 1 N–H and O–H groups in total. The molecule has 0 radical (unpaired) electrons. The molecule has 184 valence electrons. The molecule has 0 unspecified atom stereocenters. The molecule has 1 saturated carbocycles. The molecule has 1 aliphatic carbocycles. The normalized spacial score (nSPS) is 21.9. The van der Waals surface area contributed by atoms with Crippen molar-refractivity contribution < 1.29 is 19.1 Å². The monoisotopic (exact) mass is 465 g/mol. The molecule has 0 heterocycles. The Labute approximate surface area is 204 Å². The van der Waals surface area contributed by atoms with Gasteiger partial charge in [-0.25, -0.2) is 9.59 Å². The lowest BCUT2D eigenvalue weighted by molar-refractivity contribution is -0.159. The zero-order valence-electron chi connectivity index (χ0n) is 21.3. The van der Waals surface area contributed by atoms with Gasteiger partial charge in [-0.3, -0.25) is 0 Å². The second kappa shape index (κ2) is 10.6. The van der Waals surface area contributed by atoms with Crippen LogP contribution in [-0.4, -0.2) is 23.8 Å². The highest BCUT2D eigenvalue weighted by molar-refractivity contribution is 5.83. The number of alkyl carbamates (subject to hydrolysis) is 1. The molecule has 4 atom stereocenters. The number of esters is 1. The molecule has 34 heavy (non-hydrogen) atoms. The van der Waals surface area contributed by atoms with Gasteiger partial charge in [0.05, 0.1) is 0 Å². The molecule has 1 amide bonds. The maximum atomic E-state index is 13.5. The van der Waals surface area contributed by atoms with E-state index in [0.717, 1.165) is 19.3 Å². The number of amides is 1. The van der Waals surface area contributed by atoms with Gasteiger partial charge in [0.25, 0.3) is 0 Å². The molecular weight excluding hydrogens is 426 g/mol. The van der Waals surface area contributed by atoms with Crippen molar-refractivity contribution >= 4 is 12.1 Å². The second-order valence-corrected chi connectivity index (χ2v) is 11.1. The highest BCUT2D eigenvalue weighted by Gasteiger charge is 2.43. The van der Waals surface area contributed by atoms with Crippen molar-refractivity contribution in [1.29, 1.82) is 0 Å². The van der Waals surface area contributed by atoms with Crippen LogP contribution < -0.4 is 5.32 Å². The molecule has 0 aliphatic heterocycles. The maximum absolute atomic E-state index is 13.5. The van der Waals surface area contributed by atoms with E-state index in [9.17, 15) is 9.59 Å². The van der Waals surface area contributed by atoms with E-state index >= 15 is 0 Å². The number of rotatable bonds is 6. The fourth-order valence-corrected chi connectivity index (χ4v) is 4.93. The Hall–Kier alpha value is -2.82. The van der Waals surface area contributed by atoms with Crippen LogP contribution >= 0.6 is 0 Å². The Bertz CT molecular complexity index is 949. The van der Waals surface area contributed by atoms with Crippen LogP contribution in [0.4, 0.5) is 4.79 Å². The predicted octanol–water partition coefficient (Wildman–Crippen LogP) is 6.58. The molecule has 5 heteroatoms. The van der Waals surface area contributed by atoms with Gasteiger partial charge >= 0.3 is 12.1 Å². The van der Waals surface area contributed by atoms with Gasteiger partial charge in [0.15, 0.2) is 6.04 Å². The van der Waals surface area contributed by atoms with Gasteiger partial charge < -0.3 is 14.8 Å². The first-order valence-electron chi connectivity index (χ1n) is 12.3. The van der Waals surface area contributed by atoms with Crippen molar-refractivity contribution in [3.63, 3.8) is 0 Å². The summed E-state index contributed by atoms with van der Waals surface area (Å²) < 4.78 is 11.6. The maximum Gasteiger partial charge on any atom is 0.408 e. The zero-order valence-corrected chi connectivity index (χ0v) is 21.3. The fraction of sp³-hybridized carbons (Fsp3) is 0.517. The Morgan fingerprint density at radius 2 is 1.50 bits per heavy atom. The Morgan fingerprint density at radius 1 is 0.912 bits per heavy atom. The molecule has 1 fully saturated rings. The largest absolute Gasteiger partial charge is 0.460 e. The van der Waals surface area contributed by atoms with Gasteiger partial charge in [-0.05, 0) is 56.1 Å². The number of carbonyl (C=O) groups excluding carboxylic acids is 2. The minimum Gasteiger partial charge on any atom is -0.460 e. The van der Waals surface area contributed by atoms with Crippen molar-refractivity contribution in [3.8, 4) is 0 Å². The first-order chi connectivity index (χ1) is 16.0. The molecule has 0 saturated heterocycles. The summed E-state index contributed by atoms with van der Waals surface area (Å²) in [5.74, 6) is 0.188. The van der Waals surface area contributed by atoms with E-state index in [1.54, 1.807) is 20.8 Å². The topological polar surface area (TPSA) is 64.6 Å². The van der Waals surface area contributed by atoms with E-state index < -0.39 is 23.7 Å². The van der Waals surface area contributed by atoms with Crippen LogP contribution in [0.25, 0.3) is 0 Å². The number of benzene rings is 2. The van der Waals surface area contributed by atoms with E-state index in [2.05, 4.69) is 50.4 Å². The summed E-state index contributed by atoms with van der Waals surface area (Å²) >= 11 is 0. The van der Waals surface area contributed by atoms with E-state index in [1.165, 1.54) is 5.56 Å². The minimum atomic E-state index is -0.936. The first-order valence-corrected chi connectivity index (χ1v) is 12.3. The fourth-order valence-electron chi connectivity index (χ4n) is 4.93. The summed E-state index contributed by atoms with van der Waals surface area (Å²) in [6, 6.07) is 18.7. The molecule has 2 aromatic rings.